The van der Waals surface area contributed by atoms with Crippen molar-refractivity contribution in [2.75, 3.05) is 46.5 Å². The minimum atomic E-state index is 0.255. The Morgan fingerprint density at radius 3 is 2.62 bits per heavy atom. The molecule has 1 heterocycles. The van der Waals surface area contributed by atoms with Crippen LogP contribution in [0.3, 0.4) is 0 Å². The predicted molar refractivity (Wildman–Crippen MR) is 107 cm³/mol. The first-order chi connectivity index (χ1) is 12.7. The van der Waals surface area contributed by atoms with Crippen LogP contribution in [0.2, 0.25) is 0 Å². The molecule has 0 aliphatic carbocycles. The Labute approximate surface area is 157 Å². The van der Waals surface area contributed by atoms with E-state index in [1.54, 1.807) is 7.11 Å². The first-order valence-electron chi connectivity index (χ1n) is 9.74. The number of nitrogens with two attached hydrogens (primary N) is 1. The molecule has 146 valence electrons. The molecule has 1 unspecified atom stereocenters. The van der Waals surface area contributed by atoms with E-state index in [2.05, 4.69) is 27.3 Å². The zero-order valence-electron chi connectivity index (χ0n) is 16.2. The number of ether oxygens (including phenoxy) is 2. The highest BCUT2D eigenvalue weighted by molar-refractivity contribution is 5.77. The van der Waals surface area contributed by atoms with Crippen LogP contribution in [0, 0.1) is 0 Å². The average Bonchev–Trinajstić information content (AvgIpc) is 2.69. The van der Waals surface area contributed by atoms with Crippen LogP contribution in [0.25, 0.3) is 0 Å². The molecular weight excluding hydrogens is 328 g/mol. The second-order valence-electron chi connectivity index (χ2n) is 6.59. The smallest absolute Gasteiger partial charge is 0.188 e. The summed E-state index contributed by atoms with van der Waals surface area (Å²) in [6.45, 7) is 7.19. The van der Waals surface area contributed by atoms with Crippen LogP contribution in [-0.4, -0.2) is 57.4 Å². The summed E-state index contributed by atoms with van der Waals surface area (Å²) in [5.41, 5.74) is 7.31. The Morgan fingerprint density at radius 1 is 1.23 bits per heavy atom. The van der Waals surface area contributed by atoms with Crippen molar-refractivity contribution in [3.63, 3.8) is 0 Å². The van der Waals surface area contributed by atoms with Gasteiger partial charge in [-0.1, -0.05) is 18.6 Å². The van der Waals surface area contributed by atoms with Gasteiger partial charge in [-0.25, -0.2) is 0 Å². The number of aliphatic imine (C=N–C) groups is 1. The van der Waals surface area contributed by atoms with Crippen LogP contribution in [0.4, 0.5) is 0 Å². The summed E-state index contributed by atoms with van der Waals surface area (Å²) in [6.07, 6.45) is 4.75. The number of benzene rings is 1. The molecule has 0 bridgehead atoms. The fourth-order valence-corrected chi connectivity index (χ4v) is 3.26. The number of nitrogens with zero attached hydrogens (tertiary/aromatic N) is 2. The van der Waals surface area contributed by atoms with Crippen molar-refractivity contribution in [1.82, 2.24) is 10.2 Å². The molecule has 1 atom stereocenters. The minimum absolute atomic E-state index is 0.255. The molecule has 6 nitrogen and oxygen atoms in total. The maximum absolute atomic E-state index is 6.05. The third kappa shape index (κ3) is 6.84. The summed E-state index contributed by atoms with van der Waals surface area (Å²) in [7, 11) is 1.69. The third-order valence-electron chi connectivity index (χ3n) is 4.74. The van der Waals surface area contributed by atoms with E-state index in [0.29, 0.717) is 12.5 Å². The molecule has 0 aromatic heterocycles. The van der Waals surface area contributed by atoms with Crippen LogP contribution >= 0.6 is 0 Å². The van der Waals surface area contributed by atoms with Gasteiger partial charge in [-0.3, -0.25) is 9.89 Å². The van der Waals surface area contributed by atoms with Crippen molar-refractivity contribution in [2.45, 2.75) is 38.6 Å². The van der Waals surface area contributed by atoms with E-state index in [1.165, 1.54) is 24.8 Å². The molecule has 1 fully saturated rings. The SMILES string of the molecule is CCOCCCNC(N)=NCC(c1ccc(OC)cc1)N1CCCCC1. The number of piperidine rings is 1. The van der Waals surface area contributed by atoms with Crippen LogP contribution in [0.1, 0.15) is 44.2 Å². The van der Waals surface area contributed by atoms with Gasteiger partial charge in [0, 0.05) is 19.8 Å². The lowest BCUT2D eigenvalue weighted by atomic mass is 10.0. The normalized spacial score (nSPS) is 17.1. The predicted octanol–water partition coefficient (Wildman–Crippen LogP) is 2.55. The fraction of sp³-hybridized carbons (Fsp3) is 0.650. The first kappa shape index (κ1) is 20.5. The van der Waals surface area contributed by atoms with Crippen molar-refractivity contribution in [2.24, 2.45) is 10.7 Å². The zero-order valence-corrected chi connectivity index (χ0v) is 16.2. The maximum atomic E-state index is 6.05. The van der Waals surface area contributed by atoms with E-state index in [1.807, 2.05) is 19.1 Å². The Kier molecular flexibility index (Phi) is 9.28. The molecule has 1 aromatic carbocycles. The number of methoxy groups -OCH3 is 1. The summed E-state index contributed by atoms with van der Waals surface area (Å²) in [4.78, 5) is 7.13. The van der Waals surface area contributed by atoms with Crippen molar-refractivity contribution in [3.8, 4) is 5.75 Å². The molecule has 3 N–H and O–H groups in total. The zero-order chi connectivity index (χ0) is 18.6. The second-order valence-corrected chi connectivity index (χ2v) is 6.59. The van der Waals surface area contributed by atoms with Crippen molar-refractivity contribution < 1.29 is 9.47 Å². The van der Waals surface area contributed by atoms with Crippen LogP contribution in [0.15, 0.2) is 29.3 Å². The van der Waals surface area contributed by atoms with Gasteiger partial charge in [0.15, 0.2) is 5.96 Å². The molecular formula is C20H34N4O2. The van der Waals surface area contributed by atoms with Crippen molar-refractivity contribution >= 4 is 5.96 Å². The Hall–Kier alpha value is -1.79. The summed E-state index contributed by atoms with van der Waals surface area (Å²) in [5.74, 6) is 1.39. The lowest BCUT2D eigenvalue weighted by Gasteiger charge is -2.34. The quantitative estimate of drug-likeness (QED) is 0.380. The number of guanidine groups is 1. The van der Waals surface area contributed by atoms with Gasteiger partial charge in [0.2, 0.25) is 0 Å². The van der Waals surface area contributed by atoms with Crippen LogP contribution in [0.5, 0.6) is 5.75 Å². The molecule has 0 amide bonds. The molecule has 1 saturated heterocycles. The number of hydrogen-bond donors (Lipinski definition) is 2. The van der Waals surface area contributed by atoms with Gasteiger partial charge in [-0.2, -0.15) is 0 Å². The minimum Gasteiger partial charge on any atom is -0.497 e. The summed E-state index contributed by atoms with van der Waals surface area (Å²) in [6, 6.07) is 8.57. The largest absolute Gasteiger partial charge is 0.497 e. The highest BCUT2D eigenvalue weighted by Gasteiger charge is 2.22. The topological polar surface area (TPSA) is 72.1 Å². The van der Waals surface area contributed by atoms with E-state index >= 15 is 0 Å². The monoisotopic (exact) mass is 362 g/mol. The Morgan fingerprint density at radius 2 is 1.96 bits per heavy atom. The van der Waals surface area contributed by atoms with Gasteiger partial charge in [-0.15, -0.1) is 0 Å². The molecule has 6 heteroatoms. The molecule has 2 rings (SSSR count). The summed E-state index contributed by atoms with van der Waals surface area (Å²) in [5, 5.41) is 3.18. The summed E-state index contributed by atoms with van der Waals surface area (Å²) < 4.78 is 10.6. The number of hydrogen-bond acceptors (Lipinski definition) is 4. The van der Waals surface area contributed by atoms with E-state index < -0.39 is 0 Å². The van der Waals surface area contributed by atoms with Crippen LogP contribution in [-0.2, 0) is 4.74 Å². The van der Waals surface area contributed by atoms with Crippen molar-refractivity contribution in [1.29, 1.82) is 0 Å². The molecule has 0 radical (unpaired) electrons. The fourth-order valence-electron chi connectivity index (χ4n) is 3.26. The molecule has 26 heavy (non-hydrogen) atoms. The maximum Gasteiger partial charge on any atom is 0.188 e. The molecule has 1 aliphatic rings. The number of likely N-dealkylation sites (tertiary alicyclic amines) is 1. The number of nitrogens with one attached hydrogen (secondary N) is 1. The lowest BCUT2D eigenvalue weighted by molar-refractivity contribution is 0.145. The van der Waals surface area contributed by atoms with Crippen LogP contribution < -0.4 is 15.8 Å². The van der Waals surface area contributed by atoms with E-state index in [0.717, 1.165) is 45.0 Å². The van der Waals surface area contributed by atoms with Gasteiger partial charge in [-0.05, 0) is 57.0 Å². The van der Waals surface area contributed by atoms with Gasteiger partial charge >= 0.3 is 0 Å². The van der Waals surface area contributed by atoms with E-state index in [4.69, 9.17) is 15.2 Å². The number of rotatable bonds is 10. The van der Waals surface area contributed by atoms with E-state index in [-0.39, 0.29) is 6.04 Å². The molecule has 1 aliphatic heterocycles. The molecule has 0 spiro atoms. The first-order valence-corrected chi connectivity index (χ1v) is 9.74. The van der Waals surface area contributed by atoms with Gasteiger partial charge < -0.3 is 20.5 Å². The highest BCUT2D eigenvalue weighted by atomic mass is 16.5. The average molecular weight is 363 g/mol. The highest BCUT2D eigenvalue weighted by Crippen LogP contribution is 2.26. The van der Waals surface area contributed by atoms with Gasteiger partial charge in [0.25, 0.3) is 0 Å². The third-order valence-corrected chi connectivity index (χ3v) is 4.74. The van der Waals surface area contributed by atoms with Gasteiger partial charge in [0.1, 0.15) is 5.75 Å². The summed E-state index contributed by atoms with van der Waals surface area (Å²) >= 11 is 0. The van der Waals surface area contributed by atoms with Crippen molar-refractivity contribution in [3.05, 3.63) is 29.8 Å². The van der Waals surface area contributed by atoms with Gasteiger partial charge in [0.05, 0.1) is 19.7 Å². The second kappa shape index (κ2) is 11.8. The Balaban J connectivity index is 1.95. The molecule has 1 aromatic rings. The Bertz CT molecular complexity index is 527. The lowest BCUT2D eigenvalue weighted by Crippen LogP contribution is -2.37. The van der Waals surface area contributed by atoms with E-state index in [9.17, 15) is 0 Å². The molecule has 0 saturated carbocycles. The standard InChI is InChI=1S/C20H34N4O2/c1-3-26-15-7-12-22-20(21)23-16-19(24-13-5-4-6-14-24)17-8-10-18(25-2)11-9-17/h8-11,19H,3-7,12-16H2,1-2H3,(H3,21,22,23).